The molecule has 1 fully saturated rings. The van der Waals surface area contributed by atoms with Gasteiger partial charge in [0.25, 0.3) is 0 Å². The molecule has 0 aromatic rings. The van der Waals surface area contributed by atoms with Crippen molar-refractivity contribution in [1.82, 2.24) is 4.90 Å². The molecule has 116 valence electrons. The van der Waals surface area contributed by atoms with Crippen molar-refractivity contribution in [3.8, 4) is 6.07 Å². The van der Waals surface area contributed by atoms with Crippen LogP contribution in [-0.4, -0.2) is 37.4 Å². The molecule has 0 aromatic carbocycles. The van der Waals surface area contributed by atoms with Crippen LogP contribution in [0.15, 0.2) is 28.9 Å². The normalized spacial score (nSPS) is 20.5. The second kappa shape index (κ2) is 6.90. The van der Waals surface area contributed by atoms with E-state index in [0.717, 1.165) is 13.1 Å². The molecule has 1 heterocycles. The van der Waals surface area contributed by atoms with Crippen molar-refractivity contribution in [3.63, 3.8) is 0 Å². The van der Waals surface area contributed by atoms with Crippen LogP contribution in [0.4, 0.5) is 13.2 Å². The van der Waals surface area contributed by atoms with E-state index >= 15 is 0 Å². The van der Waals surface area contributed by atoms with Crippen LogP contribution in [0.1, 0.15) is 26.2 Å². The molecule has 0 spiro atoms. The molecule has 0 saturated carbocycles. The number of nitrogens with zero attached hydrogens (tertiary/aromatic N) is 3. The topological polar surface area (TPSA) is 39.4 Å². The van der Waals surface area contributed by atoms with E-state index in [4.69, 9.17) is 0 Å². The third-order valence-corrected chi connectivity index (χ3v) is 3.81. The van der Waals surface area contributed by atoms with Gasteiger partial charge in [-0.25, -0.2) is 0 Å². The molecule has 1 rings (SSSR count). The minimum atomic E-state index is -4.52. The summed E-state index contributed by atoms with van der Waals surface area (Å²) in [5.74, 6) is 0. The van der Waals surface area contributed by atoms with Gasteiger partial charge in [0.1, 0.15) is 5.70 Å². The Balaban J connectivity index is 2.77. The standard InChI is InChI=1S/C15H20F3N3/c1-4-13(10-20-12(2)15(16,17)18)9-14(11-19)5-7-21(3)8-6-14/h4,10H,2,5-9H2,1,3H3/b13-4-,20-10?. The van der Waals surface area contributed by atoms with Gasteiger partial charge in [0.15, 0.2) is 0 Å². The molecule has 0 bridgehead atoms. The zero-order valence-corrected chi connectivity index (χ0v) is 12.4. The van der Waals surface area contributed by atoms with Crippen LogP contribution in [0, 0.1) is 16.7 Å². The highest BCUT2D eigenvalue weighted by molar-refractivity contribution is 5.79. The molecule has 6 heteroatoms. The molecule has 3 nitrogen and oxygen atoms in total. The van der Waals surface area contributed by atoms with Gasteiger partial charge in [-0.2, -0.15) is 18.4 Å². The average molecular weight is 299 g/mol. The predicted octanol–water partition coefficient (Wildman–Crippen LogP) is 3.71. The van der Waals surface area contributed by atoms with Crippen LogP contribution < -0.4 is 0 Å². The van der Waals surface area contributed by atoms with Gasteiger partial charge in [-0.1, -0.05) is 12.7 Å². The van der Waals surface area contributed by atoms with Gasteiger partial charge < -0.3 is 4.90 Å². The largest absolute Gasteiger partial charge is 0.432 e. The number of alkyl halides is 3. The van der Waals surface area contributed by atoms with Crippen LogP contribution in [-0.2, 0) is 0 Å². The molecular weight excluding hydrogens is 279 g/mol. The average Bonchev–Trinajstić information content (AvgIpc) is 2.44. The summed E-state index contributed by atoms with van der Waals surface area (Å²) in [6.45, 7) is 6.27. The molecule has 0 unspecified atom stereocenters. The second-order valence-electron chi connectivity index (χ2n) is 5.44. The monoisotopic (exact) mass is 299 g/mol. The Morgan fingerprint density at radius 3 is 2.43 bits per heavy atom. The van der Waals surface area contributed by atoms with E-state index in [-0.39, 0.29) is 0 Å². The number of hydrogen-bond donors (Lipinski definition) is 0. The second-order valence-corrected chi connectivity index (χ2v) is 5.44. The number of likely N-dealkylation sites (tertiary alicyclic amines) is 1. The first-order valence-electron chi connectivity index (χ1n) is 6.77. The minimum Gasteiger partial charge on any atom is -0.306 e. The lowest BCUT2D eigenvalue weighted by Crippen LogP contribution is -2.37. The molecule has 0 radical (unpaired) electrons. The third kappa shape index (κ3) is 5.01. The van der Waals surface area contributed by atoms with E-state index in [9.17, 15) is 18.4 Å². The summed E-state index contributed by atoms with van der Waals surface area (Å²) < 4.78 is 37.1. The Morgan fingerprint density at radius 2 is 2.00 bits per heavy atom. The van der Waals surface area contributed by atoms with Crippen molar-refractivity contribution in [1.29, 1.82) is 5.26 Å². The SMILES string of the molecule is C=C(N=C/C(=C\C)CC1(C#N)CCN(C)CC1)C(F)(F)F. The quantitative estimate of drug-likeness (QED) is 0.742. The first kappa shape index (κ1) is 17.4. The third-order valence-electron chi connectivity index (χ3n) is 3.81. The summed E-state index contributed by atoms with van der Waals surface area (Å²) in [5, 5.41) is 9.44. The summed E-state index contributed by atoms with van der Waals surface area (Å²) >= 11 is 0. The van der Waals surface area contributed by atoms with Crippen molar-refractivity contribution in [2.45, 2.75) is 32.4 Å². The summed E-state index contributed by atoms with van der Waals surface area (Å²) in [6, 6.07) is 2.35. The molecule has 0 N–H and O–H groups in total. The molecule has 1 aliphatic heterocycles. The lowest BCUT2D eigenvalue weighted by molar-refractivity contribution is -0.0918. The van der Waals surface area contributed by atoms with Crippen LogP contribution in [0.3, 0.4) is 0 Å². The van der Waals surface area contributed by atoms with Gasteiger partial charge in [0.2, 0.25) is 0 Å². The van der Waals surface area contributed by atoms with Gasteiger partial charge in [0.05, 0.1) is 11.5 Å². The molecule has 1 aliphatic rings. The Hall–Kier alpha value is -1.61. The van der Waals surface area contributed by atoms with Crippen LogP contribution in [0.5, 0.6) is 0 Å². The molecule has 0 aromatic heterocycles. The zero-order valence-electron chi connectivity index (χ0n) is 12.4. The van der Waals surface area contributed by atoms with Crippen molar-refractivity contribution in [3.05, 3.63) is 23.9 Å². The van der Waals surface area contributed by atoms with Crippen molar-refractivity contribution < 1.29 is 13.2 Å². The number of nitriles is 1. The van der Waals surface area contributed by atoms with Crippen LogP contribution in [0.25, 0.3) is 0 Å². The molecular formula is C15H20F3N3. The highest BCUT2D eigenvalue weighted by atomic mass is 19.4. The van der Waals surface area contributed by atoms with E-state index in [2.05, 4.69) is 22.5 Å². The smallest absolute Gasteiger partial charge is 0.306 e. The minimum absolute atomic E-state index is 0.419. The van der Waals surface area contributed by atoms with Crippen LogP contribution >= 0.6 is 0 Å². The van der Waals surface area contributed by atoms with Crippen molar-refractivity contribution >= 4 is 6.21 Å². The van der Waals surface area contributed by atoms with Gasteiger partial charge in [-0.15, -0.1) is 0 Å². The molecule has 21 heavy (non-hydrogen) atoms. The summed E-state index contributed by atoms with van der Waals surface area (Å²) in [7, 11) is 1.99. The molecule has 0 amide bonds. The van der Waals surface area contributed by atoms with E-state index in [1.165, 1.54) is 6.21 Å². The summed E-state index contributed by atoms with van der Waals surface area (Å²) in [6.07, 6.45) is 0.201. The van der Waals surface area contributed by atoms with E-state index in [1.807, 2.05) is 7.05 Å². The van der Waals surface area contributed by atoms with E-state index < -0.39 is 17.3 Å². The zero-order chi connectivity index (χ0) is 16.1. The first-order chi connectivity index (χ1) is 9.72. The first-order valence-corrected chi connectivity index (χ1v) is 6.77. The van der Waals surface area contributed by atoms with E-state index in [1.54, 1.807) is 13.0 Å². The van der Waals surface area contributed by atoms with Gasteiger partial charge in [-0.05, 0) is 51.9 Å². The number of rotatable bonds is 4. The highest BCUT2D eigenvalue weighted by Gasteiger charge is 2.35. The Morgan fingerprint density at radius 1 is 1.43 bits per heavy atom. The summed E-state index contributed by atoms with van der Waals surface area (Å²) in [4.78, 5) is 5.52. The fourth-order valence-electron chi connectivity index (χ4n) is 2.22. The molecule has 0 aliphatic carbocycles. The lowest BCUT2D eigenvalue weighted by atomic mass is 9.75. The fraction of sp³-hybridized carbons (Fsp3) is 0.600. The van der Waals surface area contributed by atoms with Gasteiger partial charge >= 0.3 is 6.18 Å². The Bertz CT molecular complexity index is 475. The van der Waals surface area contributed by atoms with Crippen molar-refractivity contribution in [2.75, 3.05) is 20.1 Å². The predicted molar refractivity (Wildman–Crippen MR) is 76.8 cm³/mol. The number of halogens is 3. The lowest BCUT2D eigenvalue weighted by Gasteiger charge is -2.35. The molecule has 1 saturated heterocycles. The number of allylic oxidation sites excluding steroid dienone is 3. The Kier molecular flexibility index (Phi) is 5.73. The highest BCUT2D eigenvalue weighted by Crippen LogP contribution is 2.36. The number of hydrogen-bond acceptors (Lipinski definition) is 3. The fourth-order valence-corrected chi connectivity index (χ4v) is 2.22. The van der Waals surface area contributed by atoms with Gasteiger partial charge in [0, 0.05) is 6.21 Å². The van der Waals surface area contributed by atoms with Gasteiger partial charge in [-0.3, -0.25) is 4.99 Å². The number of piperidine rings is 1. The maximum Gasteiger partial charge on any atom is 0.432 e. The molecule has 0 atom stereocenters. The maximum atomic E-state index is 12.4. The van der Waals surface area contributed by atoms with Crippen molar-refractivity contribution in [2.24, 2.45) is 10.4 Å². The van der Waals surface area contributed by atoms with E-state index in [0.29, 0.717) is 24.8 Å². The number of aliphatic imine (C=N–C) groups is 1. The summed E-state index contributed by atoms with van der Waals surface area (Å²) in [5.41, 5.74) is -1.01. The Labute approximate surface area is 123 Å². The van der Waals surface area contributed by atoms with Crippen LogP contribution in [0.2, 0.25) is 0 Å². The maximum absolute atomic E-state index is 12.4.